The van der Waals surface area contributed by atoms with E-state index in [-0.39, 0.29) is 29.2 Å². The van der Waals surface area contributed by atoms with Gasteiger partial charge in [0.15, 0.2) is 0 Å². The number of hydrogen-bond donors (Lipinski definition) is 0. The van der Waals surface area contributed by atoms with Gasteiger partial charge in [0.1, 0.15) is 12.2 Å². The van der Waals surface area contributed by atoms with Crippen molar-refractivity contribution in [1.82, 2.24) is 0 Å². The van der Waals surface area contributed by atoms with E-state index in [0.29, 0.717) is 23.0 Å². The highest BCUT2D eigenvalue weighted by atomic mass is 16.6. The van der Waals surface area contributed by atoms with Crippen LogP contribution in [0.4, 0.5) is 0 Å². The minimum atomic E-state index is -0.462. The summed E-state index contributed by atoms with van der Waals surface area (Å²) in [5.41, 5.74) is 6.63. The van der Waals surface area contributed by atoms with Crippen LogP contribution in [0, 0.1) is 24.7 Å². The number of rotatable bonds is 4. The van der Waals surface area contributed by atoms with E-state index in [1.165, 1.54) is 22.3 Å². The van der Waals surface area contributed by atoms with E-state index in [9.17, 15) is 9.59 Å². The van der Waals surface area contributed by atoms with Crippen molar-refractivity contribution in [3.8, 4) is 0 Å². The summed E-state index contributed by atoms with van der Waals surface area (Å²) in [6, 6.07) is 22.9. The first-order valence-electron chi connectivity index (χ1n) is 13.4. The monoisotopic (exact) mass is 494 g/mol. The normalized spacial score (nSPS) is 27.5. The SMILES string of the molecule is Cc1cc(C(C)(C)C)cc2c1CC1C3CC(C(OC(=O)c4ccccc4)C3OC(=O)c3ccccc3)C21. The van der Waals surface area contributed by atoms with Crippen molar-refractivity contribution in [2.24, 2.45) is 17.8 Å². The van der Waals surface area contributed by atoms with Gasteiger partial charge in [0.05, 0.1) is 11.1 Å². The van der Waals surface area contributed by atoms with Crippen molar-refractivity contribution in [3.05, 3.63) is 106 Å². The molecule has 6 rings (SSSR count). The lowest BCUT2D eigenvalue weighted by Gasteiger charge is -2.37. The van der Waals surface area contributed by atoms with E-state index in [0.717, 1.165) is 12.8 Å². The van der Waals surface area contributed by atoms with Crippen LogP contribution in [0.1, 0.15) is 76.1 Å². The molecule has 6 unspecified atom stereocenters. The summed E-state index contributed by atoms with van der Waals surface area (Å²) >= 11 is 0. The summed E-state index contributed by atoms with van der Waals surface area (Å²) in [5, 5.41) is 0. The van der Waals surface area contributed by atoms with Gasteiger partial charge in [0, 0.05) is 11.8 Å². The number of fused-ring (bicyclic) bond motifs is 7. The minimum absolute atomic E-state index is 0.0580. The highest BCUT2D eigenvalue weighted by Gasteiger charge is 2.63. The zero-order chi connectivity index (χ0) is 25.9. The van der Waals surface area contributed by atoms with E-state index in [1.54, 1.807) is 24.3 Å². The second kappa shape index (κ2) is 8.86. The van der Waals surface area contributed by atoms with Crippen LogP contribution in [0.15, 0.2) is 72.8 Å². The predicted molar refractivity (Wildman–Crippen MR) is 143 cm³/mol. The average molecular weight is 495 g/mol. The largest absolute Gasteiger partial charge is 0.455 e. The first kappa shape index (κ1) is 24.0. The number of hydrogen-bond acceptors (Lipinski definition) is 4. The third-order valence-corrected chi connectivity index (χ3v) is 8.86. The zero-order valence-electron chi connectivity index (χ0n) is 21.9. The molecule has 2 fully saturated rings. The molecule has 0 aromatic heterocycles. The Morgan fingerprint density at radius 2 is 1.30 bits per heavy atom. The molecule has 4 heteroatoms. The van der Waals surface area contributed by atoms with Crippen molar-refractivity contribution >= 4 is 11.9 Å². The van der Waals surface area contributed by atoms with Crippen LogP contribution >= 0.6 is 0 Å². The minimum Gasteiger partial charge on any atom is -0.455 e. The topological polar surface area (TPSA) is 52.6 Å². The van der Waals surface area contributed by atoms with Crippen LogP contribution in [0.3, 0.4) is 0 Å². The van der Waals surface area contributed by atoms with E-state index < -0.39 is 12.2 Å². The van der Waals surface area contributed by atoms with E-state index >= 15 is 0 Å². The number of carbonyl (C=O) groups is 2. The first-order valence-corrected chi connectivity index (χ1v) is 13.4. The Bertz CT molecular complexity index is 1340. The van der Waals surface area contributed by atoms with Gasteiger partial charge in [-0.15, -0.1) is 0 Å². The third kappa shape index (κ3) is 4.07. The van der Waals surface area contributed by atoms with E-state index in [1.807, 2.05) is 36.4 Å². The Labute approximate surface area is 219 Å². The molecule has 190 valence electrons. The molecule has 0 radical (unpaired) electrons. The Kier molecular flexibility index (Phi) is 5.74. The molecule has 2 bridgehead atoms. The fourth-order valence-corrected chi connectivity index (χ4v) is 7.09. The van der Waals surface area contributed by atoms with Gasteiger partial charge in [-0.05, 0) is 83.5 Å². The second-order valence-electron chi connectivity index (χ2n) is 12.0. The summed E-state index contributed by atoms with van der Waals surface area (Å²) in [6.07, 6.45) is 1.00. The molecule has 0 N–H and O–H groups in total. The van der Waals surface area contributed by atoms with Gasteiger partial charge in [-0.25, -0.2) is 9.59 Å². The first-order chi connectivity index (χ1) is 17.7. The molecule has 2 saturated carbocycles. The van der Waals surface area contributed by atoms with Crippen molar-refractivity contribution in [2.75, 3.05) is 0 Å². The smallest absolute Gasteiger partial charge is 0.338 e. The quantitative estimate of drug-likeness (QED) is 0.381. The Morgan fingerprint density at radius 1 is 0.757 bits per heavy atom. The fraction of sp³-hybridized carbons (Fsp3) is 0.394. The molecule has 37 heavy (non-hydrogen) atoms. The van der Waals surface area contributed by atoms with Gasteiger partial charge >= 0.3 is 11.9 Å². The molecule has 6 atom stereocenters. The highest BCUT2D eigenvalue weighted by Crippen LogP contribution is 2.63. The van der Waals surface area contributed by atoms with Crippen molar-refractivity contribution < 1.29 is 19.1 Å². The second-order valence-corrected chi connectivity index (χ2v) is 12.0. The lowest BCUT2D eigenvalue weighted by atomic mass is 9.75. The maximum absolute atomic E-state index is 13.2. The fourth-order valence-electron chi connectivity index (χ4n) is 7.09. The van der Waals surface area contributed by atoms with Gasteiger partial charge in [-0.2, -0.15) is 0 Å². The van der Waals surface area contributed by atoms with Crippen LogP contribution in [0.2, 0.25) is 0 Å². The number of carbonyl (C=O) groups excluding carboxylic acids is 2. The summed E-state index contributed by atoms with van der Waals surface area (Å²) in [4.78, 5) is 26.3. The Balaban J connectivity index is 1.35. The summed E-state index contributed by atoms with van der Waals surface area (Å²) in [5.74, 6) is 0.314. The lowest BCUT2D eigenvalue weighted by molar-refractivity contribution is -0.0698. The summed E-state index contributed by atoms with van der Waals surface area (Å²) in [6.45, 7) is 8.98. The molecule has 0 saturated heterocycles. The molecular weight excluding hydrogens is 460 g/mol. The molecule has 3 aliphatic rings. The van der Waals surface area contributed by atoms with Crippen LogP contribution in [-0.4, -0.2) is 24.1 Å². The van der Waals surface area contributed by atoms with Crippen LogP contribution in [0.5, 0.6) is 0 Å². The summed E-state index contributed by atoms with van der Waals surface area (Å²) < 4.78 is 12.4. The van der Waals surface area contributed by atoms with E-state index in [2.05, 4.69) is 39.8 Å². The Morgan fingerprint density at radius 3 is 1.84 bits per heavy atom. The molecule has 3 aromatic carbocycles. The third-order valence-electron chi connectivity index (χ3n) is 8.86. The van der Waals surface area contributed by atoms with Gasteiger partial charge in [-0.1, -0.05) is 69.3 Å². The van der Waals surface area contributed by atoms with Crippen LogP contribution in [-0.2, 0) is 21.3 Å². The number of esters is 2. The van der Waals surface area contributed by atoms with Crippen molar-refractivity contribution in [2.45, 2.75) is 64.1 Å². The molecule has 3 aliphatic carbocycles. The van der Waals surface area contributed by atoms with Gasteiger partial charge in [-0.3, -0.25) is 0 Å². The van der Waals surface area contributed by atoms with Gasteiger partial charge < -0.3 is 9.47 Å². The molecule has 0 aliphatic heterocycles. The molecule has 3 aromatic rings. The molecule has 0 amide bonds. The number of aryl methyl sites for hydroxylation is 1. The zero-order valence-corrected chi connectivity index (χ0v) is 21.9. The van der Waals surface area contributed by atoms with Crippen LogP contribution in [0.25, 0.3) is 0 Å². The molecule has 0 spiro atoms. The lowest BCUT2D eigenvalue weighted by Crippen LogP contribution is -2.45. The maximum Gasteiger partial charge on any atom is 0.338 e. The van der Waals surface area contributed by atoms with Crippen molar-refractivity contribution in [1.29, 1.82) is 0 Å². The maximum atomic E-state index is 13.2. The Hall–Kier alpha value is -3.40. The van der Waals surface area contributed by atoms with Crippen molar-refractivity contribution in [3.63, 3.8) is 0 Å². The molecule has 0 heterocycles. The van der Waals surface area contributed by atoms with Gasteiger partial charge in [0.25, 0.3) is 0 Å². The summed E-state index contributed by atoms with van der Waals surface area (Å²) in [7, 11) is 0. The average Bonchev–Trinajstić information content (AvgIpc) is 3.55. The van der Waals surface area contributed by atoms with Crippen LogP contribution < -0.4 is 0 Å². The van der Waals surface area contributed by atoms with Gasteiger partial charge in [0.2, 0.25) is 0 Å². The number of ether oxygens (including phenoxy) is 2. The standard InChI is InChI=1S/C33H34O4/c1-19-15-22(33(2,3)4)16-24-23(19)17-25-26-18-27(28(24)25)30(37-32(35)21-13-9-6-10-14-21)29(26)36-31(34)20-11-7-5-8-12-20/h5-16,25-30H,17-18H2,1-4H3. The van der Waals surface area contributed by atoms with E-state index in [4.69, 9.17) is 9.47 Å². The predicted octanol–water partition coefficient (Wildman–Crippen LogP) is 6.65. The number of benzene rings is 3. The highest BCUT2D eigenvalue weighted by molar-refractivity contribution is 5.90. The molecule has 4 nitrogen and oxygen atoms in total. The molecular formula is C33H34O4.